The highest BCUT2D eigenvalue weighted by Crippen LogP contribution is 2.13. The normalized spacial score (nSPS) is 10.7. The molecular formula is C21H18N6O3. The molecule has 0 aliphatic rings. The zero-order chi connectivity index (χ0) is 20.9. The molecule has 3 N–H and O–H groups in total. The van der Waals surface area contributed by atoms with Crippen LogP contribution in [0.15, 0.2) is 76.6 Å². The van der Waals surface area contributed by atoms with Gasteiger partial charge >= 0.3 is 11.1 Å². The largest absolute Gasteiger partial charge is 0.350 e. The van der Waals surface area contributed by atoms with Crippen molar-refractivity contribution in [2.45, 2.75) is 6.54 Å². The van der Waals surface area contributed by atoms with Gasteiger partial charge in [-0.2, -0.15) is 0 Å². The van der Waals surface area contributed by atoms with Crippen LogP contribution in [0.4, 0.5) is 11.6 Å². The predicted molar refractivity (Wildman–Crippen MR) is 113 cm³/mol. The van der Waals surface area contributed by atoms with Crippen LogP contribution in [0, 0.1) is 0 Å². The van der Waals surface area contributed by atoms with E-state index in [4.69, 9.17) is 0 Å². The minimum absolute atomic E-state index is 0.181. The van der Waals surface area contributed by atoms with Crippen LogP contribution in [0.3, 0.4) is 0 Å². The Bertz CT molecular complexity index is 1300. The molecule has 0 atom stereocenters. The van der Waals surface area contributed by atoms with Gasteiger partial charge in [0.05, 0.1) is 11.0 Å². The summed E-state index contributed by atoms with van der Waals surface area (Å²) in [5.41, 5.74) is 1.05. The molecule has 0 bridgehead atoms. The predicted octanol–water partition coefficient (Wildman–Crippen LogP) is 1.65. The molecule has 0 fully saturated rings. The SMILES string of the molecule is O=C(NCCn1c(=O)c(=O)[nH]c2ccccc21)c1ccc(Nc2ncccn2)cc1. The molecule has 0 saturated heterocycles. The van der Waals surface area contributed by atoms with E-state index in [1.54, 1.807) is 67.0 Å². The number of hydrogen-bond donors (Lipinski definition) is 3. The van der Waals surface area contributed by atoms with E-state index in [1.165, 1.54) is 4.57 Å². The number of anilines is 2. The number of aromatic nitrogens is 4. The third-order valence-electron chi connectivity index (χ3n) is 4.47. The second-order valence-electron chi connectivity index (χ2n) is 6.46. The highest BCUT2D eigenvalue weighted by Gasteiger charge is 2.09. The molecule has 0 unspecified atom stereocenters. The second kappa shape index (κ2) is 8.39. The maximum Gasteiger partial charge on any atom is 0.316 e. The third-order valence-corrected chi connectivity index (χ3v) is 4.47. The molecule has 150 valence electrons. The summed E-state index contributed by atoms with van der Waals surface area (Å²) in [6.45, 7) is 0.379. The third kappa shape index (κ3) is 4.09. The van der Waals surface area contributed by atoms with Gasteiger partial charge in [-0.15, -0.1) is 0 Å². The summed E-state index contributed by atoms with van der Waals surface area (Å²) in [6.07, 6.45) is 3.26. The summed E-state index contributed by atoms with van der Waals surface area (Å²) in [5, 5.41) is 5.81. The minimum atomic E-state index is -0.689. The Balaban J connectivity index is 1.41. The highest BCUT2D eigenvalue weighted by molar-refractivity contribution is 5.94. The Kier molecular flexibility index (Phi) is 5.33. The first-order chi connectivity index (χ1) is 14.6. The fourth-order valence-electron chi connectivity index (χ4n) is 3.03. The number of hydrogen-bond acceptors (Lipinski definition) is 6. The van der Waals surface area contributed by atoms with Crippen molar-refractivity contribution in [2.24, 2.45) is 0 Å². The van der Waals surface area contributed by atoms with Crippen molar-refractivity contribution in [3.05, 3.63) is 93.3 Å². The van der Waals surface area contributed by atoms with Gasteiger partial charge in [0.15, 0.2) is 0 Å². The van der Waals surface area contributed by atoms with Crippen LogP contribution >= 0.6 is 0 Å². The number of para-hydroxylation sites is 2. The van der Waals surface area contributed by atoms with Gasteiger partial charge < -0.3 is 20.2 Å². The Labute approximate surface area is 170 Å². The Hall–Kier alpha value is -4.27. The number of carbonyl (C=O) groups is 1. The molecule has 9 heteroatoms. The van der Waals surface area contributed by atoms with Gasteiger partial charge in [-0.05, 0) is 42.5 Å². The van der Waals surface area contributed by atoms with Crippen molar-refractivity contribution in [1.82, 2.24) is 24.8 Å². The summed E-state index contributed by atoms with van der Waals surface area (Å²) in [4.78, 5) is 47.2. The van der Waals surface area contributed by atoms with Crippen LogP contribution in [0.5, 0.6) is 0 Å². The van der Waals surface area contributed by atoms with Gasteiger partial charge in [0, 0.05) is 36.7 Å². The average Bonchev–Trinajstić information content (AvgIpc) is 2.77. The van der Waals surface area contributed by atoms with Crippen LogP contribution in [0.25, 0.3) is 11.0 Å². The average molecular weight is 402 g/mol. The molecule has 9 nitrogen and oxygen atoms in total. The number of nitrogens with zero attached hydrogens (tertiary/aromatic N) is 3. The van der Waals surface area contributed by atoms with E-state index in [9.17, 15) is 14.4 Å². The van der Waals surface area contributed by atoms with Crippen molar-refractivity contribution in [3.63, 3.8) is 0 Å². The smallest absolute Gasteiger partial charge is 0.316 e. The molecule has 4 rings (SSSR count). The number of amides is 1. The van der Waals surface area contributed by atoms with E-state index >= 15 is 0 Å². The lowest BCUT2D eigenvalue weighted by atomic mass is 10.2. The topological polar surface area (TPSA) is 122 Å². The highest BCUT2D eigenvalue weighted by atomic mass is 16.2. The van der Waals surface area contributed by atoms with E-state index in [1.807, 2.05) is 0 Å². The number of fused-ring (bicyclic) bond motifs is 1. The van der Waals surface area contributed by atoms with Crippen molar-refractivity contribution in [1.29, 1.82) is 0 Å². The maximum atomic E-state index is 12.4. The molecule has 4 aromatic rings. The zero-order valence-electron chi connectivity index (χ0n) is 15.8. The lowest BCUT2D eigenvalue weighted by Crippen LogP contribution is -2.39. The summed E-state index contributed by atoms with van der Waals surface area (Å²) in [5.74, 6) is 0.185. The first-order valence-corrected chi connectivity index (χ1v) is 9.26. The fraction of sp³-hybridized carbons (Fsp3) is 0.0952. The number of aromatic amines is 1. The van der Waals surface area contributed by atoms with Gasteiger partial charge in [-0.1, -0.05) is 12.1 Å². The number of benzene rings is 2. The van der Waals surface area contributed by atoms with E-state index in [2.05, 4.69) is 25.6 Å². The molecular weight excluding hydrogens is 384 g/mol. The lowest BCUT2D eigenvalue weighted by molar-refractivity contribution is 0.0952. The Morgan fingerprint density at radius 2 is 1.70 bits per heavy atom. The van der Waals surface area contributed by atoms with Gasteiger partial charge in [0.25, 0.3) is 5.91 Å². The molecule has 0 aliphatic carbocycles. The number of rotatable bonds is 6. The Morgan fingerprint density at radius 3 is 2.47 bits per heavy atom. The van der Waals surface area contributed by atoms with Gasteiger partial charge in [0.1, 0.15) is 0 Å². The second-order valence-corrected chi connectivity index (χ2v) is 6.46. The summed E-state index contributed by atoms with van der Waals surface area (Å²) in [6, 6.07) is 15.6. The summed E-state index contributed by atoms with van der Waals surface area (Å²) >= 11 is 0. The summed E-state index contributed by atoms with van der Waals surface area (Å²) in [7, 11) is 0. The van der Waals surface area contributed by atoms with Crippen molar-refractivity contribution < 1.29 is 4.79 Å². The van der Waals surface area contributed by atoms with Crippen molar-refractivity contribution >= 4 is 28.6 Å². The first-order valence-electron chi connectivity index (χ1n) is 9.26. The van der Waals surface area contributed by atoms with E-state index in [-0.39, 0.29) is 19.0 Å². The van der Waals surface area contributed by atoms with E-state index < -0.39 is 11.1 Å². The molecule has 0 aliphatic heterocycles. The standard InChI is InChI=1S/C21H18N6O3/c28-18(14-6-8-15(9-7-14)25-21-23-10-3-11-24-21)22-12-13-27-17-5-2-1-4-16(17)26-19(29)20(27)30/h1-11H,12-13H2,(H,22,28)(H,26,29)(H,23,24,25). The van der Waals surface area contributed by atoms with Crippen LogP contribution < -0.4 is 21.8 Å². The molecule has 0 saturated carbocycles. The van der Waals surface area contributed by atoms with Gasteiger partial charge in [-0.3, -0.25) is 14.4 Å². The van der Waals surface area contributed by atoms with E-state index in [0.29, 0.717) is 22.5 Å². The monoisotopic (exact) mass is 402 g/mol. The summed E-state index contributed by atoms with van der Waals surface area (Å²) < 4.78 is 1.36. The fourth-order valence-corrected chi connectivity index (χ4v) is 3.03. The van der Waals surface area contributed by atoms with Crippen LogP contribution in [0.2, 0.25) is 0 Å². The number of nitrogens with one attached hydrogen (secondary N) is 3. The van der Waals surface area contributed by atoms with E-state index in [0.717, 1.165) is 5.69 Å². The van der Waals surface area contributed by atoms with Crippen LogP contribution in [-0.2, 0) is 6.54 Å². The minimum Gasteiger partial charge on any atom is -0.350 e. The molecule has 2 aromatic carbocycles. The number of carbonyl (C=O) groups excluding carboxylic acids is 1. The van der Waals surface area contributed by atoms with Crippen LogP contribution in [0.1, 0.15) is 10.4 Å². The van der Waals surface area contributed by atoms with Gasteiger partial charge in [-0.25, -0.2) is 9.97 Å². The van der Waals surface area contributed by atoms with Gasteiger partial charge in [0.2, 0.25) is 5.95 Å². The lowest BCUT2D eigenvalue weighted by Gasteiger charge is -2.11. The van der Waals surface area contributed by atoms with Crippen molar-refractivity contribution in [2.75, 3.05) is 11.9 Å². The van der Waals surface area contributed by atoms with Crippen molar-refractivity contribution in [3.8, 4) is 0 Å². The molecule has 0 radical (unpaired) electrons. The molecule has 2 aromatic heterocycles. The molecule has 2 heterocycles. The Morgan fingerprint density at radius 1 is 0.967 bits per heavy atom. The van der Waals surface area contributed by atoms with Crippen LogP contribution in [-0.4, -0.2) is 32.0 Å². The maximum absolute atomic E-state index is 12.4. The molecule has 30 heavy (non-hydrogen) atoms. The molecule has 0 spiro atoms. The molecule has 1 amide bonds. The first kappa shape index (κ1) is 19.1. The number of H-pyrrole nitrogens is 1. The quantitative estimate of drug-likeness (QED) is 0.422. The zero-order valence-corrected chi connectivity index (χ0v) is 15.8.